The Labute approximate surface area is 115 Å². The number of nitrogens with one attached hydrogen (secondary N) is 1. The number of H-pyrrole nitrogens is 1. The second-order valence-electron chi connectivity index (χ2n) is 4.23. The van der Waals surface area contributed by atoms with Gasteiger partial charge in [0, 0.05) is 30.0 Å². The maximum absolute atomic E-state index is 11.9. The predicted molar refractivity (Wildman–Crippen MR) is 72.7 cm³/mol. The first-order valence-electron chi connectivity index (χ1n) is 5.96. The Morgan fingerprint density at radius 1 is 1.10 bits per heavy atom. The van der Waals surface area contributed by atoms with Gasteiger partial charge in [-0.3, -0.25) is 4.79 Å². The molecule has 1 aromatic carbocycles. The standard InChI is InChI=1S/C15H13NO4/c17-13(9-14(18)15(19)20)11-6-7-16-12(11)8-10-4-2-1-3-5-10/h1-7,9,16,18H,8H2,(H,19,20)/b14-9-. The third kappa shape index (κ3) is 3.14. The van der Waals surface area contributed by atoms with Crippen LogP contribution in [0.25, 0.3) is 0 Å². The summed E-state index contributed by atoms with van der Waals surface area (Å²) in [5.74, 6) is -3.04. The van der Waals surface area contributed by atoms with Gasteiger partial charge < -0.3 is 15.2 Å². The van der Waals surface area contributed by atoms with E-state index in [1.165, 1.54) is 0 Å². The summed E-state index contributed by atoms with van der Waals surface area (Å²) in [6.07, 6.45) is 2.84. The van der Waals surface area contributed by atoms with Crippen LogP contribution >= 0.6 is 0 Å². The number of aromatic amines is 1. The highest BCUT2D eigenvalue weighted by Crippen LogP contribution is 2.14. The summed E-state index contributed by atoms with van der Waals surface area (Å²) in [5.41, 5.74) is 2.05. The Balaban J connectivity index is 2.23. The minimum absolute atomic E-state index is 0.349. The molecule has 5 nitrogen and oxygen atoms in total. The van der Waals surface area contributed by atoms with Gasteiger partial charge in [-0.05, 0) is 11.6 Å². The molecule has 0 aliphatic heterocycles. The molecule has 0 aliphatic carbocycles. The molecule has 3 N–H and O–H groups in total. The SMILES string of the molecule is O=C(O)/C(O)=C/C(=O)c1cc[nH]c1Cc1ccccc1. The van der Waals surface area contributed by atoms with Crippen molar-refractivity contribution in [1.29, 1.82) is 0 Å². The van der Waals surface area contributed by atoms with Crippen molar-refractivity contribution in [2.75, 3.05) is 0 Å². The van der Waals surface area contributed by atoms with Crippen LogP contribution in [0.4, 0.5) is 0 Å². The molecule has 102 valence electrons. The van der Waals surface area contributed by atoms with Crippen molar-refractivity contribution in [3.8, 4) is 0 Å². The van der Waals surface area contributed by atoms with Crippen LogP contribution in [-0.2, 0) is 11.2 Å². The number of ketones is 1. The molecule has 0 saturated carbocycles. The second-order valence-corrected chi connectivity index (χ2v) is 4.23. The molecule has 1 aromatic heterocycles. The summed E-state index contributed by atoms with van der Waals surface area (Å²) in [5, 5.41) is 17.7. The fourth-order valence-electron chi connectivity index (χ4n) is 1.84. The van der Waals surface area contributed by atoms with Gasteiger partial charge in [-0.2, -0.15) is 0 Å². The van der Waals surface area contributed by atoms with Gasteiger partial charge in [-0.1, -0.05) is 30.3 Å². The summed E-state index contributed by atoms with van der Waals surface area (Å²) in [6, 6.07) is 11.1. The molecule has 0 saturated heterocycles. The van der Waals surface area contributed by atoms with Crippen LogP contribution in [0.5, 0.6) is 0 Å². The summed E-state index contributed by atoms with van der Waals surface area (Å²) in [6.45, 7) is 0. The lowest BCUT2D eigenvalue weighted by atomic mass is 10.0. The van der Waals surface area contributed by atoms with Crippen LogP contribution in [0, 0.1) is 0 Å². The first kappa shape index (κ1) is 13.6. The van der Waals surface area contributed by atoms with Crippen molar-refractivity contribution in [3.63, 3.8) is 0 Å². The lowest BCUT2D eigenvalue weighted by molar-refractivity contribution is -0.135. The number of aromatic nitrogens is 1. The Morgan fingerprint density at radius 2 is 1.80 bits per heavy atom. The van der Waals surface area contributed by atoms with Gasteiger partial charge in [0.2, 0.25) is 5.76 Å². The molecule has 0 unspecified atom stereocenters. The number of allylic oxidation sites excluding steroid dienone is 1. The maximum Gasteiger partial charge on any atom is 0.371 e. The molecule has 2 aromatic rings. The van der Waals surface area contributed by atoms with E-state index >= 15 is 0 Å². The minimum atomic E-state index is -1.53. The Hall–Kier alpha value is -2.82. The zero-order valence-electron chi connectivity index (χ0n) is 10.5. The van der Waals surface area contributed by atoms with E-state index in [9.17, 15) is 9.59 Å². The lowest BCUT2D eigenvalue weighted by Crippen LogP contribution is -2.05. The normalized spacial score (nSPS) is 11.3. The summed E-state index contributed by atoms with van der Waals surface area (Å²) >= 11 is 0. The van der Waals surface area contributed by atoms with Crippen LogP contribution in [0.3, 0.4) is 0 Å². The summed E-state index contributed by atoms with van der Waals surface area (Å²) in [7, 11) is 0. The van der Waals surface area contributed by atoms with E-state index in [1.54, 1.807) is 12.3 Å². The molecule has 0 amide bonds. The van der Waals surface area contributed by atoms with Crippen LogP contribution in [0.15, 0.2) is 54.4 Å². The fourth-order valence-corrected chi connectivity index (χ4v) is 1.84. The average molecular weight is 271 g/mol. The van der Waals surface area contributed by atoms with Gasteiger partial charge in [0.25, 0.3) is 0 Å². The number of hydrogen-bond acceptors (Lipinski definition) is 3. The highest BCUT2D eigenvalue weighted by Gasteiger charge is 2.14. The Bertz CT molecular complexity index is 656. The van der Waals surface area contributed by atoms with Gasteiger partial charge in [-0.15, -0.1) is 0 Å². The average Bonchev–Trinajstić information content (AvgIpc) is 2.88. The molecule has 0 atom stereocenters. The minimum Gasteiger partial charge on any atom is -0.502 e. The van der Waals surface area contributed by atoms with Gasteiger partial charge in [0.1, 0.15) is 0 Å². The number of aliphatic hydroxyl groups is 1. The third-order valence-electron chi connectivity index (χ3n) is 2.81. The summed E-state index contributed by atoms with van der Waals surface area (Å²) < 4.78 is 0. The zero-order valence-corrected chi connectivity index (χ0v) is 10.5. The van der Waals surface area contributed by atoms with E-state index in [4.69, 9.17) is 10.2 Å². The molecular weight excluding hydrogens is 258 g/mol. The fraction of sp³-hybridized carbons (Fsp3) is 0.0667. The molecule has 0 spiro atoms. The number of carboxylic acid groups (broad SMARTS) is 1. The van der Waals surface area contributed by atoms with Crippen molar-refractivity contribution in [3.05, 3.63) is 71.3 Å². The van der Waals surface area contributed by atoms with Crippen molar-refractivity contribution in [2.24, 2.45) is 0 Å². The van der Waals surface area contributed by atoms with Crippen LogP contribution in [0.2, 0.25) is 0 Å². The Kier molecular flexibility index (Phi) is 4.00. The number of hydrogen-bond donors (Lipinski definition) is 3. The molecular formula is C15H13NO4. The predicted octanol–water partition coefficient (Wildman–Crippen LogP) is 2.31. The number of carbonyl (C=O) groups is 2. The number of rotatable bonds is 5. The largest absolute Gasteiger partial charge is 0.502 e. The first-order valence-corrected chi connectivity index (χ1v) is 5.96. The van der Waals surface area contributed by atoms with Gasteiger partial charge in [0.05, 0.1) is 0 Å². The van der Waals surface area contributed by atoms with Gasteiger partial charge in [0.15, 0.2) is 5.78 Å². The van der Waals surface area contributed by atoms with Crippen molar-refractivity contribution in [2.45, 2.75) is 6.42 Å². The van der Waals surface area contributed by atoms with E-state index in [1.807, 2.05) is 30.3 Å². The topological polar surface area (TPSA) is 90.4 Å². The smallest absolute Gasteiger partial charge is 0.371 e. The van der Waals surface area contributed by atoms with Gasteiger partial charge in [-0.25, -0.2) is 4.79 Å². The molecule has 1 heterocycles. The third-order valence-corrected chi connectivity index (χ3v) is 2.81. The number of carboxylic acids is 1. The van der Waals surface area contributed by atoms with Gasteiger partial charge >= 0.3 is 5.97 Å². The van der Waals surface area contributed by atoms with E-state index in [0.29, 0.717) is 23.8 Å². The van der Waals surface area contributed by atoms with Crippen LogP contribution < -0.4 is 0 Å². The monoisotopic (exact) mass is 271 g/mol. The molecule has 5 heteroatoms. The van der Waals surface area contributed by atoms with E-state index in [2.05, 4.69) is 4.98 Å². The van der Waals surface area contributed by atoms with Crippen LogP contribution in [-0.4, -0.2) is 26.9 Å². The highest BCUT2D eigenvalue weighted by atomic mass is 16.4. The molecule has 20 heavy (non-hydrogen) atoms. The number of carbonyl (C=O) groups excluding carboxylic acids is 1. The molecule has 0 aliphatic rings. The highest BCUT2D eigenvalue weighted by molar-refractivity contribution is 6.08. The van der Waals surface area contributed by atoms with Crippen molar-refractivity contribution in [1.82, 2.24) is 4.98 Å². The number of aliphatic hydroxyl groups excluding tert-OH is 1. The quantitative estimate of drug-likeness (QED) is 0.442. The molecule has 0 fully saturated rings. The number of aliphatic carboxylic acids is 1. The molecule has 0 bridgehead atoms. The number of benzene rings is 1. The maximum atomic E-state index is 11.9. The van der Waals surface area contributed by atoms with Crippen molar-refractivity contribution < 1.29 is 19.8 Å². The van der Waals surface area contributed by atoms with E-state index < -0.39 is 17.5 Å². The second kappa shape index (κ2) is 5.88. The first-order chi connectivity index (χ1) is 9.58. The van der Waals surface area contributed by atoms with E-state index in [0.717, 1.165) is 5.56 Å². The van der Waals surface area contributed by atoms with E-state index in [-0.39, 0.29) is 0 Å². The molecule has 2 rings (SSSR count). The zero-order chi connectivity index (χ0) is 14.5. The Morgan fingerprint density at radius 3 is 2.45 bits per heavy atom. The lowest BCUT2D eigenvalue weighted by Gasteiger charge is -2.02. The molecule has 0 radical (unpaired) electrons. The van der Waals surface area contributed by atoms with Crippen molar-refractivity contribution >= 4 is 11.8 Å². The summed E-state index contributed by atoms with van der Waals surface area (Å²) in [4.78, 5) is 25.4. The van der Waals surface area contributed by atoms with Crippen LogP contribution in [0.1, 0.15) is 21.6 Å².